The predicted molar refractivity (Wildman–Crippen MR) is 59.6 cm³/mol. The van der Waals surface area contributed by atoms with E-state index in [1.807, 2.05) is 6.92 Å². The maximum atomic E-state index is 11.9. The first kappa shape index (κ1) is 13.0. The lowest BCUT2D eigenvalue weighted by molar-refractivity contribution is -0.150. The van der Waals surface area contributed by atoms with Gasteiger partial charge >= 0.3 is 5.97 Å². The molecular weight excluding hydrogens is 208 g/mol. The third kappa shape index (κ3) is 3.20. The van der Waals surface area contributed by atoms with Crippen LogP contribution in [0.15, 0.2) is 0 Å². The Morgan fingerprint density at radius 3 is 2.88 bits per heavy atom. The van der Waals surface area contributed by atoms with Crippen LogP contribution in [-0.4, -0.2) is 42.0 Å². The molecule has 1 rings (SSSR count). The van der Waals surface area contributed by atoms with Gasteiger partial charge in [-0.3, -0.25) is 9.59 Å². The fourth-order valence-electron chi connectivity index (χ4n) is 1.92. The average molecular weight is 228 g/mol. The monoisotopic (exact) mass is 228 g/mol. The molecule has 1 aliphatic heterocycles. The summed E-state index contributed by atoms with van der Waals surface area (Å²) in [6.45, 7) is 4.04. The summed E-state index contributed by atoms with van der Waals surface area (Å²) in [5.74, 6) is -0.505. The number of hydrogen-bond acceptors (Lipinski definition) is 4. The molecule has 0 aromatic carbocycles. The van der Waals surface area contributed by atoms with Gasteiger partial charge in [-0.2, -0.15) is 0 Å². The van der Waals surface area contributed by atoms with Crippen LogP contribution in [0.1, 0.15) is 33.1 Å². The zero-order valence-electron chi connectivity index (χ0n) is 9.94. The van der Waals surface area contributed by atoms with Crippen LogP contribution in [0.4, 0.5) is 0 Å². The first-order chi connectivity index (χ1) is 7.56. The molecule has 16 heavy (non-hydrogen) atoms. The van der Waals surface area contributed by atoms with Crippen molar-refractivity contribution in [1.82, 2.24) is 4.90 Å². The number of nitrogens with zero attached hydrogens (tertiary/aromatic N) is 1. The molecule has 0 aromatic heterocycles. The number of esters is 1. The van der Waals surface area contributed by atoms with Crippen molar-refractivity contribution >= 4 is 11.9 Å². The zero-order valence-corrected chi connectivity index (χ0v) is 9.94. The standard InChI is InChI=1S/C11H20N2O3/c1-3-16-10(14)7-13-8(2)5-4-6-9(12)11(13)15/h8-9H,3-7,12H2,1-2H3/t8-,9-/m0/s1. The Hall–Kier alpha value is -1.10. The summed E-state index contributed by atoms with van der Waals surface area (Å²) in [7, 11) is 0. The highest BCUT2D eigenvalue weighted by Gasteiger charge is 2.30. The number of nitrogens with two attached hydrogens (primary N) is 1. The fourth-order valence-corrected chi connectivity index (χ4v) is 1.92. The highest BCUT2D eigenvalue weighted by molar-refractivity contribution is 5.86. The number of rotatable bonds is 3. The van der Waals surface area contributed by atoms with Crippen LogP contribution in [0.2, 0.25) is 0 Å². The fraction of sp³-hybridized carbons (Fsp3) is 0.818. The third-order valence-corrected chi connectivity index (χ3v) is 2.87. The van der Waals surface area contributed by atoms with Gasteiger partial charge in [0.2, 0.25) is 5.91 Å². The summed E-state index contributed by atoms with van der Waals surface area (Å²) in [5, 5.41) is 0. The Morgan fingerprint density at radius 1 is 1.56 bits per heavy atom. The molecule has 0 aliphatic carbocycles. The van der Waals surface area contributed by atoms with Crippen molar-refractivity contribution in [2.75, 3.05) is 13.2 Å². The Balaban J connectivity index is 2.65. The van der Waals surface area contributed by atoms with Crippen molar-refractivity contribution in [3.8, 4) is 0 Å². The lowest BCUT2D eigenvalue weighted by Gasteiger charge is -2.27. The van der Waals surface area contributed by atoms with Gasteiger partial charge in [-0.15, -0.1) is 0 Å². The number of ether oxygens (including phenoxy) is 1. The van der Waals surface area contributed by atoms with Gasteiger partial charge in [-0.25, -0.2) is 0 Å². The molecular formula is C11H20N2O3. The Labute approximate surface area is 95.9 Å². The van der Waals surface area contributed by atoms with E-state index in [1.165, 1.54) is 4.90 Å². The van der Waals surface area contributed by atoms with Crippen molar-refractivity contribution < 1.29 is 14.3 Å². The van der Waals surface area contributed by atoms with E-state index in [0.717, 1.165) is 12.8 Å². The second-order valence-corrected chi connectivity index (χ2v) is 4.16. The van der Waals surface area contributed by atoms with Crippen LogP contribution < -0.4 is 5.73 Å². The quantitative estimate of drug-likeness (QED) is 0.704. The van der Waals surface area contributed by atoms with E-state index < -0.39 is 6.04 Å². The topological polar surface area (TPSA) is 72.6 Å². The first-order valence-electron chi connectivity index (χ1n) is 5.78. The molecule has 1 fully saturated rings. The molecule has 0 bridgehead atoms. The summed E-state index contributed by atoms with van der Waals surface area (Å²) < 4.78 is 4.84. The molecule has 1 heterocycles. The number of amides is 1. The summed E-state index contributed by atoms with van der Waals surface area (Å²) in [6.07, 6.45) is 2.51. The molecule has 1 amide bonds. The van der Waals surface area contributed by atoms with Gasteiger partial charge < -0.3 is 15.4 Å². The van der Waals surface area contributed by atoms with E-state index >= 15 is 0 Å². The average Bonchev–Trinajstić information content (AvgIpc) is 2.34. The van der Waals surface area contributed by atoms with Crippen molar-refractivity contribution in [3.63, 3.8) is 0 Å². The van der Waals surface area contributed by atoms with Gasteiger partial charge in [0.1, 0.15) is 6.54 Å². The zero-order chi connectivity index (χ0) is 12.1. The summed E-state index contributed by atoms with van der Waals surface area (Å²) >= 11 is 0. The molecule has 5 nitrogen and oxygen atoms in total. The molecule has 0 saturated carbocycles. The molecule has 0 unspecified atom stereocenters. The van der Waals surface area contributed by atoms with E-state index in [4.69, 9.17) is 10.5 Å². The maximum Gasteiger partial charge on any atom is 0.325 e. The molecule has 1 saturated heterocycles. The van der Waals surface area contributed by atoms with Crippen LogP contribution in [0, 0.1) is 0 Å². The van der Waals surface area contributed by atoms with Crippen LogP contribution in [0.25, 0.3) is 0 Å². The second kappa shape index (κ2) is 5.84. The Bertz CT molecular complexity index is 268. The normalized spacial score (nSPS) is 26.4. The minimum Gasteiger partial charge on any atom is -0.465 e. The maximum absolute atomic E-state index is 11.9. The van der Waals surface area contributed by atoms with Gasteiger partial charge in [0, 0.05) is 6.04 Å². The molecule has 2 atom stereocenters. The summed E-state index contributed by atoms with van der Waals surface area (Å²) in [5.41, 5.74) is 5.74. The summed E-state index contributed by atoms with van der Waals surface area (Å²) in [4.78, 5) is 24.8. The van der Waals surface area contributed by atoms with E-state index in [1.54, 1.807) is 6.92 Å². The van der Waals surface area contributed by atoms with E-state index in [2.05, 4.69) is 0 Å². The molecule has 1 aliphatic rings. The lowest BCUT2D eigenvalue weighted by atomic mass is 10.1. The van der Waals surface area contributed by atoms with Gasteiger partial charge in [-0.1, -0.05) is 0 Å². The van der Waals surface area contributed by atoms with E-state index in [0.29, 0.717) is 13.0 Å². The minimum atomic E-state index is -0.473. The van der Waals surface area contributed by atoms with Crippen molar-refractivity contribution in [2.45, 2.75) is 45.2 Å². The number of carbonyl (C=O) groups is 2. The van der Waals surface area contributed by atoms with Crippen molar-refractivity contribution in [1.29, 1.82) is 0 Å². The highest BCUT2D eigenvalue weighted by Crippen LogP contribution is 2.16. The van der Waals surface area contributed by atoms with Crippen LogP contribution in [0.5, 0.6) is 0 Å². The molecule has 0 radical (unpaired) electrons. The van der Waals surface area contributed by atoms with E-state index in [-0.39, 0.29) is 24.5 Å². The van der Waals surface area contributed by atoms with Gasteiger partial charge in [0.25, 0.3) is 0 Å². The van der Waals surface area contributed by atoms with Gasteiger partial charge in [-0.05, 0) is 33.1 Å². The largest absolute Gasteiger partial charge is 0.465 e. The smallest absolute Gasteiger partial charge is 0.325 e. The molecule has 0 spiro atoms. The molecule has 2 N–H and O–H groups in total. The SMILES string of the molecule is CCOC(=O)CN1C(=O)[C@@H](N)CCC[C@@H]1C. The molecule has 92 valence electrons. The van der Waals surface area contributed by atoms with Crippen LogP contribution >= 0.6 is 0 Å². The number of carbonyl (C=O) groups excluding carboxylic acids is 2. The van der Waals surface area contributed by atoms with Gasteiger partial charge in [0.05, 0.1) is 12.6 Å². The second-order valence-electron chi connectivity index (χ2n) is 4.16. The van der Waals surface area contributed by atoms with Crippen LogP contribution in [-0.2, 0) is 14.3 Å². The third-order valence-electron chi connectivity index (χ3n) is 2.87. The first-order valence-corrected chi connectivity index (χ1v) is 5.78. The lowest BCUT2D eigenvalue weighted by Crippen LogP contribution is -2.48. The van der Waals surface area contributed by atoms with Crippen molar-refractivity contribution in [3.05, 3.63) is 0 Å². The molecule has 5 heteroatoms. The van der Waals surface area contributed by atoms with Gasteiger partial charge in [0.15, 0.2) is 0 Å². The number of likely N-dealkylation sites (tertiary alicyclic amines) is 1. The molecule has 0 aromatic rings. The van der Waals surface area contributed by atoms with Crippen molar-refractivity contribution in [2.24, 2.45) is 5.73 Å². The minimum absolute atomic E-state index is 0.0154. The number of hydrogen-bond donors (Lipinski definition) is 1. The highest BCUT2D eigenvalue weighted by atomic mass is 16.5. The van der Waals surface area contributed by atoms with E-state index in [9.17, 15) is 9.59 Å². The Kier molecular flexibility index (Phi) is 4.73. The Morgan fingerprint density at radius 2 is 2.25 bits per heavy atom. The summed E-state index contributed by atoms with van der Waals surface area (Å²) in [6, 6.07) is -0.412. The van der Waals surface area contributed by atoms with Crippen LogP contribution in [0.3, 0.4) is 0 Å². The predicted octanol–water partition coefficient (Wildman–Crippen LogP) is 0.278.